The van der Waals surface area contributed by atoms with E-state index in [0.29, 0.717) is 0 Å². The number of hydrogen-bond acceptors (Lipinski definition) is 2. The molecule has 3 heteroatoms. The van der Waals surface area contributed by atoms with Crippen LogP contribution in [0.15, 0.2) is 24.3 Å². The van der Waals surface area contributed by atoms with E-state index >= 15 is 0 Å². The molecule has 3 nitrogen and oxygen atoms in total. The summed E-state index contributed by atoms with van der Waals surface area (Å²) in [5.41, 5.74) is -1.47. The van der Waals surface area contributed by atoms with Crippen molar-refractivity contribution in [2.75, 3.05) is 0 Å². The maximum absolute atomic E-state index is 10.9. The van der Waals surface area contributed by atoms with Crippen LogP contribution in [0.1, 0.15) is 6.92 Å². The zero-order valence-corrected chi connectivity index (χ0v) is 7.19. The van der Waals surface area contributed by atoms with Crippen molar-refractivity contribution in [3.8, 4) is 11.8 Å². The lowest BCUT2D eigenvalue weighted by atomic mass is 9.80. The molecule has 0 saturated carbocycles. The average Bonchev–Trinajstić information content (AvgIpc) is 2.09. The minimum atomic E-state index is -1.47. The molecular weight excluding hydrogens is 168 g/mol. The third-order valence-corrected chi connectivity index (χ3v) is 1.92. The molecule has 0 spiro atoms. The monoisotopic (exact) mass is 178 g/mol. The first-order valence-corrected chi connectivity index (χ1v) is 3.85. The van der Waals surface area contributed by atoms with Crippen LogP contribution in [0.3, 0.4) is 0 Å². The van der Waals surface area contributed by atoms with Crippen molar-refractivity contribution in [3.05, 3.63) is 24.3 Å². The van der Waals surface area contributed by atoms with Crippen LogP contribution in [-0.4, -0.2) is 22.3 Å². The second-order valence-corrected chi connectivity index (χ2v) is 2.74. The molecule has 0 aromatic carbocycles. The Morgan fingerprint density at radius 1 is 1.54 bits per heavy atom. The van der Waals surface area contributed by atoms with Crippen LogP contribution >= 0.6 is 0 Å². The fourth-order valence-electron chi connectivity index (χ4n) is 1.20. The second-order valence-electron chi connectivity index (χ2n) is 2.74. The van der Waals surface area contributed by atoms with Gasteiger partial charge in [0.05, 0.1) is 0 Å². The van der Waals surface area contributed by atoms with Crippen LogP contribution < -0.4 is 0 Å². The first-order chi connectivity index (χ1) is 6.13. The summed E-state index contributed by atoms with van der Waals surface area (Å²) >= 11 is 0. The Bertz CT molecular complexity index is 330. The number of carboxylic acids is 1. The quantitative estimate of drug-likeness (QED) is 0.577. The smallest absolute Gasteiger partial charge is 0.328 e. The van der Waals surface area contributed by atoms with E-state index in [1.807, 2.05) is 0 Å². The predicted octanol–water partition coefficient (Wildman–Crippen LogP) is 0.568. The largest absolute Gasteiger partial charge is 0.480 e. The Morgan fingerprint density at radius 3 is 2.69 bits per heavy atom. The summed E-state index contributed by atoms with van der Waals surface area (Å²) in [6, 6.07) is 0. The first kappa shape index (κ1) is 9.56. The molecule has 0 bridgehead atoms. The van der Waals surface area contributed by atoms with Crippen LogP contribution in [0.4, 0.5) is 0 Å². The third kappa shape index (κ3) is 1.49. The molecule has 1 aliphatic carbocycles. The van der Waals surface area contributed by atoms with Crippen LogP contribution in [0, 0.1) is 17.3 Å². The van der Waals surface area contributed by atoms with Crippen molar-refractivity contribution in [3.63, 3.8) is 0 Å². The standard InChI is InChI=1S/C10H10O3/c1-2-6-10(9(12)13)7-4-3-5-8(10)11/h3-5,7-8,11H,1H3,(H,12,13). The summed E-state index contributed by atoms with van der Waals surface area (Å²) in [4.78, 5) is 10.9. The Morgan fingerprint density at radius 2 is 2.23 bits per heavy atom. The third-order valence-electron chi connectivity index (χ3n) is 1.92. The normalized spacial score (nSPS) is 30.8. The van der Waals surface area contributed by atoms with Gasteiger partial charge in [-0.15, -0.1) is 5.92 Å². The van der Waals surface area contributed by atoms with E-state index in [-0.39, 0.29) is 0 Å². The SMILES string of the molecule is CC#CC1(C(=O)O)C=CC=CC1O. The highest BCUT2D eigenvalue weighted by atomic mass is 16.4. The number of carboxylic acid groups (broad SMARTS) is 1. The van der Waals surface area contributed by atoms with Gasteiger partial charge in [0.25, 0.3) is 0 Å². The van der Waals surface area contributed by atoms with E-state index in [4.69, 9.17) is 5.11 Å². The highest BCUT2D eigenvalue weighted by molar-refractivity contribution is 5.83. The van der Waals surface area contributed by atoms with Crippen molar-refractivity contribution in [2.24, 2.45) is 5.41 Å². The van der Waals surface area contributed by atoms with Crippen LogP contribution in [0.25, 0.3) is 0 Å². The minimum absolute atomic E-state index is 1.08. The molecule has 68 valence electrons. The molecule has 0 radical (unpaired) electrons. The molecule has 0 fully saturated rings. The highest BCUT2D eigenvalue weighted by Gasteiger charge is 2.41. The maximum Gasteiger partial charge on any atom is 0.328 e. The van der Waals surface area contributed by atoms with E-state index in [0.717, 1.165) is 0 Å². The lowest BCUT2D eigenvalue weighted by Crippen LogP contribution is -2.39. The number of rotatable bonds is 1. The number of carbonyl (C=O) groups is 1. The topological polar surface area (TPSA) is 57.5 Å². The molecule has 0 aromatic heterocycles. The van der Waals surface area contributed by atoms with Gasteiger partial charge in [0, 0.05) is 0 Å². The van der Waals surface area contributed by atoms with Crippen LogP contribution in [-0.2, 0) is 4.79 Å². The van der Waals surface area contributed by atoms with E-state index in [1.165, 1.54) is 12.2 Å². The summed E-state index contributed by atoms with van der Waals surface area (Å²) in [5, 5.41) is 18.4. The van der Waals surface area contributed by atoms with Crippen molar-refractivity contribution in [1.29, 1.82) is 0 Å². The summed E-state index contributed by atoms with van der Waals surface area (Å²) in [6.07, 6.45) is 4.91. The van der Waals surface area contributed by atoms with E-state index < -0.39 is 17.5 Å². The molecular formula is C10H10O3. The maximum atomic E-state index is 10.9. The van der Waals surface area contributed by atoms with Crippen LogP contribution in [0.2, 0.25) is 0 Å². The Balaban J connectivity index is 3.16. The van der Waals surface area contributed by atoms with Crippen molar-refractivity contribution < 1.29 is 15.0 Å². The molecule has 2 N–H and O–H groups in total. The lowest BCUT2D eigenvalue weighted by molar-refractivity contribution is -0.146. The summed E-state index contributed by atoms with van der Waals surface area (Å²) in [5.74, 6) is 3.89. The van der Waals surface area contributed by atoms with Crippen LogP contribution in [0.5, 0.6) is 0 Å². The zero-order valence-electron chi connectivity index (χ0n) is 7.19. The average molecular weight is 178 g/mol. The number of aliphatic carboxylic acids is 1. The van der Waals surface area contributed by atoms with Gasteiger partial charge in [-0.3, -0.25) is 4.79 Å². The van der Waals surface area contributed by atoms with Gasteiger partial charge in [0.15, 0.2) is 5.41 Å². The van der Waals surface area contributed by atoms with Gasteiger partial charge in [0.2, 0.25) is 0 Å². The fourth-order valence-corrected chi connectivity index (χ4v) is 1.20. The van der Waals surface area contributed by atoms with Gasteiger partial charge in [-0.2, -0.15) is 0 Å². The fraction of sp³-hybridized carbons (Fsp3) is 0.300. The number of aliphatic hydroxyl groups is 1. The molecule has 0 saturated heterocycles. The van der Waals surface area contributed by atoms with E-state index in [9.17, 15) is 9.90 Å². The number of hydrogen-bond donors (Lipinski definition) is 2. The summed E-state index contributed by atoms with van der Waals surface area (Å²) < 4.78 is 0. The molecule has 13 heavy (non-hydrogen) atoms. The van der Waals surface area contributed by atoms with Crippen molar-refractivity contribution in [1.82, 2.24) is 0 Å². The number of allylic oxidation sites excluding steroid dienone is 2. The van der Waals surface area contributed by atoms with Crippen molar-refractivity contribution in [2.45, 2.75) is 13.0 Å². The van der Waals surface area contributed by atoms with Gasteiger partial charge in [0.1, 0.15) is 6.10 Å². The van der Waals surface area contributed by atoms with E-state index in [1.54, 1.807) is 19.1 Å². The predicted molar refractivity (Wildman–Crippen MR) is 47.8 cm³/mol. The molecule has 2 atom stereocenters. The Kier molecular flexibility index (Phi) is 2.54. The molecule has 1 rings (SSSR count). The Hall–Kier alpha value is -1.53. The van der Waals surface area contributed by atoms with Gasteiger partial charge >= 0.3 is 5.97 Å². The Labute approximate surface area is 76.4 Å². The summed E-state index contributed by atoms with van der Waals surface area (Å²) in [7, 11) is 0. The molecule has 0 heterocycles. The van der Waals surface area contributed by atoms with Crippen molar-refractivity contribution >= 4 is 5.97 Å². The molecule has 2 unspecified atom stereocenters. The van der Waals surface area contributed by atoms with Gasteiger partial charge in [-0.1, -0.05) is 30.2 Å². The zero-order chi connectivity index (χ0) is 9.90. The molecule has 0 aliphatic heterocycles. The molecule has 0 aromatic rings. The van der Waals surface area contributed by atoms with Gasteiger partial charge in [-0.25, -0.2) is 0 Å². The van der Waals surface area contributed by atoms with E-state index in [2.05, 4.69) is 11.8 Å². The number of aliphatic hydroxyl groups excluding tert-OH is 1. The molecule has 1 aliphatic rings. The highest BCUT2D eigenvalue weighted by Crippen LogP contribution is 2.27. The first-order valence-electron chi connectivity index (χ1n) is 3.85. The van der Waals surface area contributed by atoms with Gasteiger partial charge < -0.3 is 10.2 Å². The molecule has 0 amide bonds. The summed E-state index contributed by atoms with van der Waals surface area (Å²) in [6.45, 7) is 1.55. The van der Waals surface area contributed by atoms with Gasteiger partial charge in [-0.05, 0) is 6.92 Å². The minimum Gasteiger partial charge on any atom is -0.480 e. The lowest BCUT2D eigenvalue weighted by Gasteiger charge is -2.25. The second kappa shape index (κ2) is 3.46.